The Morgan fingerprint density at radius 1 is 0.923 bits per heavy atom. The van der Waals surface area contributed by atoms with Crippen LogP contribution in [0.3, 0.4) is 0 Å². The Morgan fingerprint density at radius 2 is 1.59 bits per heavy atom. The zero-order valence-corrected chi connectivity index (χ0v) is 23.2. The Bertz CT molecular complexity index is 1210. The number of hydrogen-bond acceptors (Lipinski definition) is 5. The molecule has 7 heteroatoms. The highest BCUT2D eigenvalue weighted by molar-refractivity contribution is 5.94. The van der Waals surface area contributed by atoms with Gasteiger partial charge in [0.15, 0.2) is 0 Å². The molecule has 205 valence electrons. The van der Waals surface area contributed by atoms with Gasteiger partial charge in [0.2, 0.25) is 0 Å². The zero-order valence-electron chi connectivity index (χ0n) is 23.2. The van der Waals surface area contributed by atoms with E-state index in [2.05, 4.69) is 30.6 Å². The van der Waals surface area contributed by atoms with E-state index in [1.54, 1.807) is 17.0 Å². The fourth-order valence-electron chi connectivity index (χ4n) is 4.56. The van der Waals surface area contributed by atoms with Gasteiger partial charge in [0.05, 0.1) is 12.2 Å². The Morgan fingerprint density at radius 3 is 2.28 bits per heavy atom. The van der Waals surface area contributed by atoms with Crippen molar-refractivity contribution in [3.63, 3.8) is 0 Å². The number of ether oxygens (including phenoxy) is 1. The smallest absolute Gasteiger partial charge is 0.429 e. The quantitative estimate of drug-likeness (QED) is 0.362. The number of anilines is 1. The lowest BCUT2D eigenvalue weighted by atomic mass is 10.0. The van der Waals surface area contributed by atoms with Crippen LogP contribution >= 0.6 is 0 Å². The van der Waals surface area contributed by atoms with Crippen LogP contribution in [-0.4, -0.2) is 61.2 Å². The molecular formula is C32H39N4O3. The number of nitrogens with one attached hydrogen (secondary N) is 1. The molecule has 1 radical (unpaired) electrons. The van der Waals surface area contributed by atoms with Crippen molar-refractivity contribution in [3.8, 4) is 11.1 Å². The molecule has 2 amide bonds. The number of rotatable bonds is 10. The minimum Gasteiger partial charge on any atom is -0.446 e. The van der Waals surface area contributed by atoms with E-state index >= 15 is 0 Å². The summed E-state index contributed by atoms with van der Waals surface area (Å²) in [5.41, 5.74) is 4.52. The molecule has 1 aliphatic heterocycles. The second kappa shape index (κ2) is 13.9. The van der Waals surface area contributed by atoms with Crippen LogP contribution in [0.25, 0.3) is 11.1 Å². The Balaban J connectivity index is 1.41. The number of likely N-dealkylation sites (N-methyl/N-ethyl adjacent to an activating group) is 1. The minimum atomic E-state index is -0.442. The molecule has 1 saturated heterocycles. The van der Waals surface area contributed by atoms with E-state index in [0.717, 1.165) is 54.9 Å². The van der Waals surface area contributed by atoms with Crippen LogP contribution < -0.4 is 10.3 Å². The molecule has 0 aliphatic carbocycles. The van der Waals surface area contributed by atoms with Gasteiger partial charge < -0.3 is 15.0 Å². The third-order valence-corrected chi connectivity index (χ3v) is 6.77. The number of nitrogens with zero attached hydrogens (tertiary/aromatic N) is 3. The Labute approximate surface area is 232 Å². The normalized spacial score (nSPS) is 13.7. The lowest BCUT2D eigenvalue weighted by molar-refractivity contribution is 0.0735. The van der Waals surface area contributed by atoms with Crippen LogP contribution in [0.1, 0.15) is 42.6 Å². The van der Waals surface area contributed by atoms with E-state index in [-0.39, 0.29) is 12.5 Å². The van der Waals surface area contributed by atoms with Gasteiger partial charge in [0.1, 0.15) is 6.61 Å². The summed E-state index contributed by atoms with van der Waals surface area (Å²) in [6.45, 7) is 6.83. The summed E-state index contributed by atoms with van der Waals surface area (Å²) in [5, 5.41) is 7.09. The maximum Gasteiger partial charge on any atom is 0.429 e. The topological polar surface area (TPSA) is 65.1 Å². The second-order valence-corrected chi connectivity index (χ2v) is 10.1. The molecule has 0 spiro atoms. The highest BCUT2D eigenvalue weighted by Crippen LogP contribution is 2.33. The molecule has 0 atom stereocenters. The molecular weight excluding hydrogens is 488 g/mol. The van der Waals surface area contributed by atoms with E-state index in [1.165, 1.54) is 0 Å². The van der Waals surface area contributed by atoms with Crippen LogP contribution in [0, 0.1) is 6.42 Å². The second-order valence-electron chi connectivity index (χ2n) is 10.1. The van der Waals surface area contributed by atoms with Crippen molar-refractivity contribution < 1.29 is 14.3 Å². The summed E-state index contributed by atoms with van der Waals surface area (Å²) in [7, 11) is 1.73. The molecule has 4 rings (SSSR count). The molecule has 3 aromatic carbocycles. The van der Waals surface area contributed by atoms with Crippen LogP contribution in [0.15, 0.2) is 78.9 Å². The number of hydrazine groups is 1. The standard InChI is InChI=1S/C32H39N4O3/c1-25(2)33-24-26-16-18-28(19-17-26)31(37)34(3)22-23-39-32(38)36(35-20-10-5-11-21-35)30-15-9-8-14-29(30)27-12-6-4-7-13-27/h4-9,12-19,25,33H,10-11,20-24H2,1-3H3. The fraction of sp³-hybridized carbons (Fsp3) is 0.344. The number of carbonyl (C=O) groups excluding carboxylic acids is 2. The van der Waals surface area contributed by atoms with Crippen LogP contribution in [0.4, 0.5) is 10.5 Å². The summed E-state index contributed by atoms with van der Waals surface area (Å²) < 4.78 is 5.77. The van der Waals surface area contributed by atoms with Crippen molar-refractivity contribution in [1.29, 1.82) is 0 Å². The predicted octanol–water partition coefficient (Wildman–Crippen LogP) is 5.78. The van der Waals surface area contributed by atoms with Crippen LogP contribution in [-0.2, 0) is 11.3 Å². The van der Waals surface area contributed by atoms with E-state index in [4.69, 9.17) is 4.74 Å². The molecule has 1 N–H and O–H groups in total. The molecule has 0 aromatic heterocycles. The van der Waals surface area contributed by atoms with Gasteiger partial charge in [-0.25, -0.2) is 14.8 Å². The van der Waals surface area contributed by atoms with Crippen molar-refractivity contribution in [2.75, 3.05) is 38.3 Å². The molecule has 3 aromatic rings. The maximum absolute atomic E-state index is 13.5. The molecule has 1 aliphatic rings. The number of amides is 2. The zero-order chi connectivity index (χ0) is 27.6. The first-order chi connectivity index (χ1) is 18.9. The maximum atomic E-state index is 13.5. The SMILES string of the molecule is CC(C)NCc1ccc(C(=O)N(C)CCOC(=O)N(c2ccccc2-c2ccccc2)N2CC[CH]CC2)cc1. The van der Waals surface area contributed by atoms with Crippen molar-refractivity contribution in [2.24, 2.45) is 0 Å². The van der Waals surface area contributed by atoms with Crippen molar-refractivity contribution in [3.05, 3.63) is 96.4 Å². The summed E-state index contributed by atoms with van der Waals surface area (Å²) in [6.07, 6.45) is 3.61. The van der Waals surface area contributed by atoms with Crippen molar-refractivity contribution in [1.82, 2.24) is 15.2 Å². The molecule has 39 heavy (non-hydrogen) atoms. The monoisotopic (exact) mass is 527 g/mol. The van der Waals surface area contributed by atoms with Gasteiger partial charge >= 0.3 is 6.09 Å². The number of piperidine rings is 1. The van der Waals surface area contributed by atoms with Gasteiger partial charge in [-0.2, -0.15) is 0 Å². The Kier molecular flexibility index (Phi) is 10.1. The third-order valence-electron chi connectivity index (χ3n) is 6.77. The number of benzene rings is 3. The fourth-order valence-corrected chi connectivity index (χ4v) is 4.56. The van der Waals surface area contributed by atoms with Crippen molar-refractivity contribution >= 4 is 17.7 Å². The number of carbonyl (C=O) groups is 2. The van der Waals surface area contributed by atoms with E-state index in [1.807, 2.05) is 78.9 Å². The lowest BCUT2D eigenvalue weighted by Crippen LogP contribution is -2.50. The third kappa shape index (κ3) is 7.68. The lowest BCUT2D eigenvalue weighted by Gasteiger charge is -2.37. The molecule has 0 unspecified atom stereocenters. The summed E-state index contributed by atoms with van der Waals surface area (Å²) >= 11 is 0. The van der Waals surface area contributed by atoms with Gasteiger partial charge in [0.25, 0.3) is 5.91 Å². The van der Waals surface area contributed by atoms with E-state index in [9.17, 15) is 9.59 Å². The first-order valence-electron chi connectivity index (χ1n) is 13.7. The summed E-state index contributed by atoms with van der Waals surface area (Å²) in [6, 6.07) is 26.0. The molecule has 1 fully saturated rings. The highest BCUT2D eigenvalue weighted by atomic mass is 16.6. The minimum absolute atomic E-state index is 0.0986. The first-order valence-corrected chi connectivity index (χ1v) is 13.7. The summed E-state index contributed by atoms with van der Waals surface area (Å²) in [5.74, 6) is -0.104. The molecule has 0 bridgehead atoms. The molecule has 0 saturated carbocycles. The summed E-state index contributed by atoms with van der Waals surface area (Å²) in [4.78, 5) is 28.1. The largest absolute Gasteiger partial charge is 0.446 e. The van der Waals surface area contributed by atoms with E-state index in [0.29, 0.717) is 18.2 Å². The van der Waals surface area contributed by atoms with Gasteiger partial charge in [-0.3, -0.25) is 4.79 Å². The first kappa shape index (κ1) is 28.3. The van der Waals surface area contributed by atoms with Crippen LogP contribution in [0.2, 0.25) is 0 Å². The average molecular weight is 528 g/mol. The van der Waals surface area contributed by atoms with Gasteiger partial charge in [-0.15, -0.1) is 0 Å². The van der Waals surface area contributed by atoms with E-state index < -0.39 is 6.09 Å². The predicted molar refractivity (Wildman–Crippen MR) is 156 cm³/mol. The van der Waals surface area contributed by atoms with Crippen LogP contribution in [0.5, 0.6) is 0 Å². The Hall–Kier alpha value is -3.68. The van der Waals surface area contributed by atoms with Gasteiger partial charge in [0, 0.05) is 43.9 Å². The van der Waals surface area contributed by atoms with Gasteiger partial charge in [-0.1, -0.05) is 74.5 Å². The highest BCUT2D eigenvalue weighted by Gasteiger charge is 2.28. The molecule has 1 heterocycles. The average Bonchev–Trinajstić information content (AvgIpc) is 2.97. The van der Waals surface area contributed by atoms with Gasteiger partial charge in [-0.05, 0) is 48.6 Å². The number of para-hydroxylation sites is 1. The number of hydrogen-bond donors (Lipinski definition) is 1. The van der Waals surface area contributed by atoms with Crippen molar-refractivity contribution in [2.45, 2.75) is 39.3 Å². The molecule has 7 nitrogen and oxygen atoms in total.